The van der Waals surface area contributed by atoms with E-state index in [1.807, 2.05) is 43.3 Å². The number of rotatable bonds is 6. The Kier molecular flexibility index (Phi) is 5.22. The molecule has 0 radical (unpaired) electrons. The summed E-state index contributed by atoms with van der Waals surface area (Å²) in [4.78, 5) is 1.21. The molecular formula is C14H17ClN2OS. The van der Waals surface area contributed by atoms with Crippen LogP contribution in [0.4, 0.5) is 0 Å². The quantitative estimate of drug-likeness (QED) is 0.633. The third-order valence-corrected chi connectivity index (χ3v) is 4.08. The lowest BCUT2D eigenvalue weighted by Gasteiger charge is -2.16. The van der Waals surface area contributed by atoms with Crippen molar-refractivity contribution in [3.8, 4) is 5.75 Å². The number of hydrogen-bond acceptors (Lipinski definition) is 4. The molecule has 1 atom stereocenters. The molecule has 2 aromatic rings. The first-order valence-corrected chi connectivity index (χ1v) is 7.35. The molecule has 5 heteroatoms. The normalized spacial score (nSPS) is 12.4. The maximum Gasteiger partial charge on any atom is 0.119 e. The van der Waals surface area contributed by atoms with Crippen LogP contribution in [0.25, 0.3) is 0 Å². The third-order valence-electron chi connectivity index (χ3n) is 2.83. The molecular weight excluding hydrogens is 280 g/mol. The SMILES string of the molecule is CCOc1ccc(C(Cc2ccc(Cl)s2)NN)cc1. The molecule has 2 rings (SSSR count). The molecule has 0 bridgehead atoms. The van der Waals surface area contributed by atoms with Gasteiger partial charge in [0.05, 0.1) is 17.0 Å². The fourth-order valence-corrected chi connectivity index (χ4v) is 3.03. The second-order valence-electron chi connectivity index (χ2n) is 4.13. The minimum Gasteiger partial charge on any atom is -0.494 e. The van der Waals surface area contributed by atoms with E-state index in [4.69, 9.17) is 22.2 Å². The van der Waals surface area contributed by atoms with Crippen molar-refractivity contribution in [2.45, 2.75) is 19.4 Å². The first-order chi connectivity index (χ1) is 9.22. The molecule has 0 aliphatic heterocycles. The smallest absolute Gasteiger partial charge is 0.119 e. The predicted molar refractivity (Wildman–Crippen MR) is 80.7 cm³/mol. The Morgan fingerprint density at radius 1 is 1.26 bits per heavy atom. The second-order valence-corrected chi connectivity index (χ2v) is 5.93. The zero-order valence-corrected chi connectivity index (χ0v) is 12.3. The number of halogens is 1. The molecule has 0 aliphatic rings. The Labute approximate surface area is 122 Å². The van der Waals surface area contributed by atoms with Gasteiger partial charge in [0.15, 0.2) is 0 Å². The van der Waals surface area contributed by atoms with Crippen LogP contribution in [-0.4, -0.2) is 6.61 Å². The zero-order chi connectivity index (χ0) is 13.7. The van der Waals surface area contributed by atoms with Gasteiger partial charge < -0.3 is 4.74 Å². The highest BCUT2D eigenvalue weighted by molar-refractivity contribution is 7.16. The summed E-state index contributed by atoms with van der Waals surface area (Å²) in [5.41, 5.74) is 3.99. The molecule has 1 unspecified atom stereocenters. The average molecular weight is 297 g/mol. The summed E-state index contributed by atoms with van der Waals surface area (Å²) in [7, 11) is 0. The van der Waals surface area contributed by atoms with Crippen LogP contribution in [-0.2, 0) is 6.42 Å². The fraction of sp³-hybridized carbons (Fsp3) is 0.286. The molecule has 0 spiro atoms. The van der Waals surface area contributed by atoms with E-state index in [-0.39, 0.29) is 6.04 Å². The van der Waals surface area contributed by atoms with Crippen LogP contribution in [0.2, 0.25) is 4.34 Å². The molecule has 1 aromatic heterocycles. The fourth-order valence-electron chi connectivity index (χ4n) is 1.90. The minimum absolute atomic E-state index is 0.0744. The van der Waals surface area contributed by atoms with Gasteiger partial charge in [0, 0.05) is 11.3 Å². The molecule has 3 nitrogen and oxygen atoms in total. The van der Waals surface area contributed by atoms with Gasteiger partial charge in [-0.15, -0.1) is 11.3 Å². The highest BCUT2D eigenvalue weighted by atomic mass is 35.5. The van der Waals surface area contributed by atoms with Crippen LogP contribution < -0.4 is 16.0 Å². The number of thiophene rings is 1. The van der Waals surface area contributed by atoms with Crippen LogP contribution in [0.3, 0.4) is 0 Å². The van der Waals surface area contributed by atoms with E-state index in [2.05, 4.69) is 5.43 Å². The van der Waals surface area contributed by atoms with Gasteiger partial charge >= 0.3 is 0 Å². The highest BCUT2D eigenvalue weighted by Crippen LogP contribution is 2.27. The molecule has 0 fully saturated rings. The number of hydrogen-bond donors (Lipinski definition) is 2. The number of hydrazine groups is 1. The molecule has 0 saturated carbocycles. The van der Waals surface area contributed by atoms with E-state index in [9.17, 15) is 0 Å². The van der Waals surface area contributed by atoms with Crippen molar-refractivity contribution >= 4 is 22.9 Å². The molecule has 102 valence electrons. The maximum absolute atomic E-state index is 5.94. The van der Waals surface area contributed by atoms with Crippen molar-refractivity contribution in [3.05, 3.63) is 51.2 Å². The lowest BCUT2D eigenvalue weighted by atomic mass is 10.0. The van der Waals surface area contributed by atoms with E-state index in [0.29, 0.717) is 6.61 Å². The Bertz CT molecular complexity index is 512. The van der Waals surface area contributed by atoms with Gasteiger partial charge in [-0.05, 0) is 36.8 Å². The van der Waals surface area contributed by atoms with E-state index >= 15 is 0 Å². The first kappa shape index (κ1) is 14.3. The third kappa shape index (κ3) is 3.94. The monoisotopic (exact) mass is 296 g/mol. The molecule has 19 heavy (non-hydrogen) atoms. The number of nitrogens with one attached hydrogen (secondary N) is 1. The summed E-state index contributed by atoms with van der Waals surface area (Å²) in [5, 5.41) is 0. The topological polar surface area (TPSA) is 47.3 Å². The highest BCUT2D eigenvalue weighted by Gasteiger charge is 2.12. The van der Waals surface area contributed by atoms with Crippen LogP contribution in [0.5, 0.6) is 5.75 Å². The van der Waals surface area contributed by atoms with Gasteiger partial charge in [-0.1, -0.05) is 23.7 Å². The van der Waals surface area contributed by atoms with E-state index in [0.717, 1.165) is 22.1 Å². The Morgan fingerprint density at radius 3 is 2.53 bits per heavy atom. The minimum atomic E-state index is 0.0744. The van der Waals surface area contributed by atoms with Crippen LogP contribution in [0, 0.1) is 0 Å². The Balaban J connectivity index is 2.08. The van der Waals surface area contributed by atoms with Gasteiger partial charge in [-0.2, -0.15) is 0 Å². The number of ether oxygens (including phenoxy) is 1. The first-order valence-electron chi connectivity index (χ1n) is 6.16. The average Bonchev–Trinajstić information content (AvgIpc) is 2.83. The van der Waals surface area contributed by atoms with Crippen molar-refractivity contribution in [1.29, 1.82) is 0 Å². The van der Waals surface area contributed by atoms with Crippen molar-refractivity contribution in [2.75, 3.05) is 6.61 Å². The van der Waals surface area contributed by atoms with E-state index < -0.39 is 0 Å². The Morgan fingerprint density at radius 2 is 2.00 bits per heavy atom. The van der Waals surface area contributed by atoms with Gasteiger partial charge in [0.1, 0.15) is 5.75 Å². The predicted octanol–water partition coefficient (Wildman–Crippen LogP) is 3.55. The molecule has 0 amide bonds. The van der Waals surface area contributed by atoms with E-state index in [1.165, 1.54) is 4.88 Å². The van der Waals surface area contributed by atoms with Crippen molar-refractivity contribution in [1.82, 2.24) is 5.43 Å². The maximum atomic E-state index is 5.94. The molecule has 1 heterocycles. The van der Waals surface area contributed by atoms with Gasteiger partial charge in [-0.25, -0.2) is 0 Å². The molecule has 1 aromatic carbocycles. The van der Waals surface area contributed by atoms with Crippen LogP contribution >= 0.6 is 22.9 Å². The van der Waals surface area contributed by atoms with Crippen LogP contribution in [0.15, 0.2) is 36.4 Å². The van der Waals surface area contributed by atoms with Crippen molar-refractivity contribution in [3.63, 3.8) is 0 Å². The summed E-state index contributed by atoms with van der Waals surface area (Å²) in [6.45, 7) is 2.64. The summed E-state index contributed by atoms with van der Waals surface area (Å²) >= 11 is 7.52. The summed E-state index contributed by atoms with van der Waals surface area (Å²) in [6, 6.07) is 12.0. The number of nitrogens with two attached hydrogens (primary N) is 1. The zero-order valence-electron chi connectivity index (χ0n) is 10.7. The lowest BCUT2D eigenvalue weighted by molar-refractivity contribution is 0.340. The molecule has 0 aliphatic carbocycles. The van der Waals surface area contributed by atoms with E-state index in [1.54, 1.807) is 11.3 Å². The number of benzene rings is 1. The summed E-state index contributed by atoms with van der Waals surface area (Å²) < 4.78 is 6.23. The van der Waals surface area contributed by atoms with Gasteiger partial charge in [0.2, 0.25) is 0 Å². The standard InChI is InChI=1S/C14H17ClN2OS/c1-2-18-11-5-3-10(4-6-11)13(17-16)9-12-7-8-14(15)19-12/h3-8,13,17H,2,9,16H2,1H3. The van der Waals surface area contributed by atoms with Crippen LogP contribution in [0.1, 0.15) is 23.4 Å². The molecule has 3 N–H and O–H groups in total. The lowest BCUT2D eigenvalue weighted by Crippen LogP contribution is -2.29. The molecule has 0 saturated heterocycles. The summed E-state index contributed by atoms with van der Waals surface area (Å²) in [6.07, 6.45) is 0.821. The largest absolute Gasteiger partial charge is 0.494 e. The summed E-state index contributed by atoms with van der Waals surface area (Å²) in [5.74, 6) is 6.52. The Hall–Kier alpha value is -1.07. The van der Waals surface area contributed by atoms with Gasteiger partial charge in [0.25, 0.3) is 0 Å². The van der Waals surface area contributed by atoms with Crippen molar-refractivity contribution < 1.29 is 4.74 Å². The van der Waals surface area contributed by atoms with Crippen molar-refractivity contribution in [2.24, 2.45) is 5.84 Å². The van der Waals surface area contributed by atoms with Gasteiger partial charge in [-0.3, -0.25) is 11.3 Å². The second kappa shape index (κ2) is 6.91.